The van der Waals surface area contributed by atoms with Crippen molar-refractivity contribution in [3.05, 3.63) is 22.7 Å². The molecule has 0 saturated carbocycles. The van der Waals surface area contributed by atoms with Crippen LogP contribution in [0.2, 0.25) is 0 Å². The first-order chi connectivity index (χ1) is 8.95. The Morgan fingerprint density at radius 3 is 2.58 bits per heavy atom. The molecular weight excluding hydrogens is 254 g/mol. The topological polar surface area (TPSA) is 108 Å². The number of hydrogen-bond donors (Lipinski definition) is 3. The van der Waals surface area contributed by atoms with Gasteiger partial charge in [-0.05, 0) is 6.07 Å². The first-order valence-corrected chi connectivity index (χ1v) is 5.84. The molecular formula is C11H17N3O5. The summed E-state index contributed by atoms with van der Waals surface area (Å²) in [5.74, 6) is 0.480. The minimum absolute atomic E-state index is 0.438. The summed E-state index contributed by atoms with van der Waals surface area (Å²) in [7, 11) is 3.50. The van der Waals surface area contributed by atoms with Crippen LogP contribution in [0.3, 0.4) is 0 Å². The predicted octanol–water partition coefficient (Wildman–Crippen LogP) is -2.08. The number of ether oxygens (including phenoxy) is 1. The fourth-order valence-corrected chi connectivity index (χ4v) is 1.96. The summed E-state index contributed by atoms with van der Waals surface area (Å²) in [6, 6.07) is 1.59. The van der Waals surface area contributed by atoms with Gasteiger partial charge in [0.1, 0.15) is 24.1 Å². The van der Waals surface area contributed by atoms with E-state index in [1.54, 1.807) is 25.1 Å². The first kappa shape index (κ1) is 13.9. The van der Waals surface area contributed by atoms with Crippen LogP contribution < -0.4 is 10.6 Å². The van der Waals surface area contributed by atoms with E-state index in [1.807, 2.05) is 0 Å². The molecule has 0 aliphatic carbocycles. The van der Waals surface area contributed by atoms with Gasteiger partial charge < -0.3 is 25.0 Å². The van der Waals surface area contributed by atoms with Crippen molar-refractivity contribution in [3.8, 4) is 0 Å². The maximum atomic E-state index is 11.9. The Labute approximate surface area is 109 Å². The standard InChI is InChI=1S/C11H17N3O5/c1-13(2)7-3-4-14(11(18)12-7)10-9(17)8(16)6(5-15)19-10/h3-4,6,8-10,15-17H,5H2,1-2H3/t6-,8?,9+,10-/m1/s1. The second-order valence-electron chi connectivity index (χ2n) is 4.60. The van der Waals surface area contributed by atoms with Crippen molar-refractivity contribution in [1.82, 2.24) is 9.55 Å². The van der Waals surface area contributed by atoms with Gasteiger partial charge in [0.05, 0.1) is 6.61 Å². The van der Waals surface area contributed by atoms with Crippen molar-refractivity contribution in [2.45, 2.75) is 24.5 Å². The smallest absolute Gasteiger partial charge is 0.351 e. The summed E-state index contributed by atoms with van der Waals surface area (Å²) >= 11 is 0. The number of nitrogens with zero attached hydrogens (tertiary/aromatic N) is 3. The van der Waals surface area contributed by atoms with Crippen molar-refractivity contribution >= 4 is 5.82 Å². The summed E-state index contributed by atoms with van der Waals surface area (Å²) in [6.07, 6.45) is -3.06. The molecule has 0 spiro atoms. The molecule has 2 heterocycles. The Morgan fingerprint density at radius 2 is 2.11 bits per heavy atom. The van der Waals surface area contributed by atoms with Crippen LogP contribution in [0.4, 0.5) is 5.82 Å². The third-order valence-electron chi connectivity index (χ3n) is 3.06. The molecule has 3 N–H and O–H groups in total. The van der Waals surface area contributed by atoms with Crippen molar-refractivity contribution in [2.75, 3.05) is 25.6 Å². The molecule has 2 rings (SSSR count). The minimum atomic E-state index is -1.29. The molecule has 1 aromatic rings. The molecule has 8 nitrogen and oxygen atoms in total. The SMILES string of the molecule is CN(C)c1ccn([C@@H]2O[C@H](CO)C(O)[C@@H]2O)c(=O)n1. The number of anilines is 1. The van der Waals surface area contributed by atoms with Gasteiger partial charge in [0, 0.05) is 20.3 Å². The third-order valence-corrected chi connectivity index (χ3v) is 3.06. The van der Waals surface area contributed by atoms with Crippen LogP contribution >= 0.6 is 0 Å². The highest BCUT2D eigenvalue weighted by Gasteiger charge is 2.43. The summed E-state index contributed by atoms with van der Waals surface area (Å²) in [5, 5.41) is 28.5. The van der Waals surface area contributed by atoms with E-state index in [-0.39, 0.29) is 0 Å². The normalized spacial score (nSPS) is 30.6. The van der Waals surface area contributed by atoms with E-state index in [4.69, 9.17) is 9.84 Å². The summed E-state index contributed by atoms with van der Waals surface area (Å²) in [6.45, 7) is -0.438. The molecule has 1 aliphatic heterocycles. The van der Waals surface area contributed by atoms with Gasteiger partial charge in [0.2, 0.25) is 0 Å². The molecule has 1 unspecified atom stereocenters. The quantitative estimate of drug-likeness (QED) is 0.579. The molecule has 4 atom stereocenters. The Kier molecular flexibility index (Phi) is 3.85. The Bertz CT molecular complexity index is 503. The van der Waals surface area contributed by atoms with Crippen LogP contribution in [0.15, 0.2) is 17.1 Å². The zero-order chi connectivity index (χ0) is 14.2. The fourth-order valence-electron chi connectivity index (χ4n) is 1.96. The number of aliphatic hydroxyl groups excluding tert-OH is 3. The Hall–Kier alpha value is -1.48. The highest BCUT2D eigenvalue weighted by atomic mass is 16.6. The lowest BCUT2D eigenvalue weighted by Gasteiger charge is -2.18. The van der Waals surface area contributed by atoms with E-state index in [1.165, 1.54) is 6.20 Å². The third kappa shape index (κ3) is 2.47. The first-order valence-electron chi connectivity index (χ1n) is 5.84. The predicted molar refractivity (Wildman–Crippen MR) is 65.8 cm³/mol. The Morgan fingerprint density at radius 1 is 1.42 bits per heavy atom. The molecule has 106 valence electrons. The van der Waals surface area contributed by atoms with E-state index in [9.17, 15) is 15.0 Å². The largest absolute Gasteiger partial charge is 0.394 e. The lowest BCUT2D eigenvalue weighted by atomic mass is 10.1. The zero-order valence-corrected chi connectivity index (χ0v) is 10.7. The van der Waals surface area contributed by atoms with Gasteiger partial charge in [-0.15, -0.1) is 0 Å². The van der Waals surface area contributed by atoms with Gasteiger partial charge in [-0.1, -0.05) is 0 Å². The van der Waals surface area contributed by atoms with Crippen LogP contribution in [0.5, 0.6) is 0 Å². The molecule has 0 aromatic carbocycles. The van der Waals surface area contributed by atoms with Crippen LogP contribution in [-0.4, -0.2) is 63.9 Å². The maximum absolute atomic E-state index is 11.9. The van der Waals surface area contributed by atoms with Gasteiger partial charge in [-0.25, -0.2) is 4.79 Å². The number of rotatable bonds is 3. The van der Waals surface area contributed by atoms with Crippen molar-refractivity contribution in [2.24, 2.45) is 0 Å². The van der Waals surface area contributed by atoms with E-state index in [0.717, 1.165) is 4.57 Å². The number of aliphatic hydroxyl groups is 3. The lowest BCUT2D eigenvalue weighted by molar-refractivity contribution is -0.0549. The van der Waals surface area contributed by atoms with Crippen molar-refractivity contribution < 1.29 is 20.1 Å². The van der Waals surface area contributed by atoms with E-state index >= 15 is 0 Å². The highest BCUT2D eigenvalue weighted by Crippen LogP contribution is 2.28. The summed E-state index contributed by atoms with van der Waals surface area (Å²) < 4.78 is 6.36. The van der Waals surface area contributed by atoms with Crippen LogP contribution in [-0.2, 0) is 4.74 Å². The van der Waals surface area contributed by atoms with Gasteiger partial charge in [0.25, 0.3) is 0 Å². The molecule has 1 aromatic heterocycles. The van der Waals surface area contributed by atoms with Crippen LogP contribution in [0.25, 0.3) is 0 Å². The second kappa shape index (κ2) is 5.25. The van der Waals surface area contributed by atoms with Gasteiger partial charge >= 0.3 is 5.69 Å². The van der Waals surface area contributed by atoms with E-state index in [0.29, 0.717) is 5.82 Å². The van der Waals surface area contributed by atoms with Crippen molar-refractivity contribution in [3.63, 3.8) is 0 Å². The second-order valence-corrected chi connectivity index (χ2v) is 4.60. The van der Waals surface area contributed by atoms with Gasteiger partial charge in [0.15, 0.2) is 6.23 Å². The maximum Gasteiger partial charge on any atom is 0.351 e. The molecule has 1 fully saturated rings. The van der Waals surface area contributed by atoms with Gasteiger partial charge in [-0.2, -0.15) is 4.98 Å². The molecule has 0 bridgehead atoms. The van der Waals surface area contributed by atoms with Crippen molar-refractivity contribution in [1.29, 1.82) is 0 Å². The fraction of sp³-hybridized carbons (Fsp3) is 0.636. The number of aromatic nitrogens is 2. The molecule has 1 aliphatic rings. The van der Waals surface area contributed by atoms with Gasteiger partial charge in [-0.3, -0.25) is 4.57 Å². The molecule has 0 radical (unpaired) electrons. The van der Waals surface area contributed by atoms with E-state index in [2.05, 4.69) is 4.98 Å². The lowest BCUT2D eigenvalue weighted by Crippen LogP contribution is -2.36. The molecule has 1 saturated heterocycles. The average molecular weight is 271 g/mol. The molecule has 19 heavy (non-hydrogen) atoms. The summed E-state index contributed by atoms with van der Waals surface area (Å²) in [5.41, 5.74) is -0.596. The summed E-state index contributed by atoms with van der Waals surface area (Å²) in [4.78, 5) is 17.4. The van der Waals surface area contributed by atoms with Crippen LogP contribution in [0, 0.1) is 0 Å². The molecule has 0 amide bonds. The highest BCUT2D eigenvalue weighted by molar-refractivity contribution is 5.33. The molecule has 8 heteroatoms. The number of hydrogen-bond acceptors (Lipinski definition) is 7. The Balaban J connectivity index is 2.31. The zero-order valence-electron chi connectivity index (χ0n) is 10.7. The van der Waals surface area contributed by atoms with Crippen LogP contribution in [0.1, 0.15) is 6.23 Å². The minimum Gasteiger partial charge on any atom is -0.394 e. The average Bonchev–Trinajstić information content (AvgIpc) is 2.66. The van der Waals surface area contributed by atoms with E-state index < -0.39 is 36.8 Å². The monoisotopic (exact) mass is 271 g/mol.